The highest BCUT2D eigenvalue weighted by molar-refractivity contribution is 5.98. The van der Waals surface area contributed by atoms with E-state index in [1.807, 2.05) is 13.8 Å². The van der Waals surface area contributed by atoms with Crippen LogP contribution >= 0.6 is 0 Å². The molecule has 0 bridgehead atoms. The van der Waals surface area contributed by atoms with Gasteiger partial charge in [-0.15, -0.1) is 0 Å². The number of hydrogen-bond acceptors (Lipinski definition) is 4. The summed E-state index contributed by atoms with van der Waals surface area (Å²) < 4.78 is 0. The third-order valence-corrected chi connectivity index (χ3v) is 3.88. The molecule has 0 saturated carbocycles. The van der Waals surface area contributed by atoms with Gasteiger partial charge in [0.2, 0.25) is 5.91 Å². The number of primary amides is 1. The lowest BCUT2D eigenvalue weighted by Crippen LogP contribution is -2.53. The van der Waals surface area contributed by atoms with Gasteiger partial charge in [-0.1, -0.05) is 44.2 Å². The van der Waals surface area contributed by atoms with E-state index in [4.69, 9.17) is 10.8 Å². The first-order valence-corrected chi connectivity index (χ1v) is 8.49. The standard InChI is InChI=1S/C18H25N3O6/c1-11(2)8-13(20-18(26)27)10-15(22)21(17(19)25)14(16(23)24)9-12-6-4-3-5-7-12/h3-7,11,13-14,20H,8-10H2,1-2H3,(H2,19,25)(H,23,24)(H,26,27)/t13?,14-/m0/s1. The first-order valence-electron chi connectivity index (χ1n) is 8.49. The molecule has 0 aromatic heterocycles. The highest BCUT2D eigenvalue weighted by Gasteiger charge is 2.35. The average Bonchev–Trinajstić information content (AvgIpc) is 2.53. The molecule has 0 aliphatic rings. The molecular weight excluding hydrogens is 354 g/mol. The van der Waals surface area contributed by atoms with Gasteiger partial charge in [-0.3, -0.25) is 4.79 Å². The van der Waals surface area contributed by atoms with Crippen molar-refractivity contribution in [3.8, 4) is 0 Å². The highest BCUT2D eigenvalue weighted by atomic mass is 16.4. The van der Waals surface area contributed by atoms with Gasteiger partial charge in [-0.2, -0.15) is 0 Å². The number of carboxylic acids is 1. The summed E-state index contributed by atoms with van der Waals surface area (Å²) in [5, 5.41) is 20.7. The van der Waals surface area contributed by atoms with Crippen molar-refractivity contribution < 1.29 is 29.4 Å². The summed E-state index contributed by atoms with van der Waals surface area (Å²) >= 11 is 0. The Bertz CT molecular complexity index is 677. The quantitative estimate of drug-likeness (QED) is 0.512. The smallest absolute Gasteiger partial charge is 0.404 e. The number of rotatable bonds is 9. The van der Waals surface area contributed by atoms with E-state index in [0.29, 0.717) is 16.9 Å². The van der Waals surface area contributed by atoms with E-state index in [1.54, 1.807) is 30.3 Å². The number of amides is 4. The van der Waals surface area contributed by atoms with Crippen LogP contribution in [0.5, 0.6) is 0 Å². The van der Waals surface area contributed by atoms with Crippen molar-refractivity contribution in [3.05, 3.63) is 35.9 Å². The van der Waals surface area contributed by atoms with Crippen molar-refractivity contribution >= 4 is 24.0 Å². The van der Waals surface area contributed by atoms with Crippen LogP contribution in [0.15, 0.2) is 30.3 Å². The van der Waals surface area contributed by atoms with Crippen molar-refractivity contribution in [1.82, 2.24) is 10.2 Å². The van der Waals surface area contributed by atoms with Gasteiger partial charge in [0.25, 0.3) is 0 Å². The number of carboxylic acid groups (broad SMARTS) is 2. The summed E-state index contributed by atoms with van der Waals surface area (Å²) in [6.07, 6.45) is -1.43. The minimum atomic E-state index is -1.48. The predicted molar refractivity (Wildman–Crippen MR) is 97.0 cm³/mol. The largest absolute Gasteiger partial charge is 0.480 e. The Morgan fingerprint density at radius 3 is 2.15 bits per heavy atom. The molecule has 9 nitrogen and oxygen atoms in total. The van der Waals surface area contributed by atoms with Gasteiger partial charge in [0.15, 0.2) is 0 Å². The number of imide groups is 1. The van der Waals surface area contributed by atoms with Gasteiger partial charge in [0.05, 0.1) is 0 Å². The normalized spacial score (nSPS) is 12.9. The third kappa shape index (κ3) is 7.35. The van der Waals surface area contributed by atoms with E-state index in [-0.39, 0.29) is 18.8 Å². The molecule has 148 valence electrons. The van der Waals surface area contributed by atoms with Crippen molar-refractivity contribution in [2.75, 3.05) is 0 Å². The van der Waals surface area contributed by atoms with Crippen molar-refractivity contribution in [2.45, 2.75) is 45.2 Å². The van der Waals surface area contributed by atoms with Crippen molar-refractivity contribution in [2.24, 2.45) is 11.7 Å². The van der Waals surface area contributed by atoms with Crippen LogP contribution in [0, 0.1) is 5.92 Å². The number of carbonyl (C=O) groups excluding carboxylic acids is 2. The molecule has 1 unspecified atom stereocenters. The summed E-state index contributed by atoms with van der Waals surface area (Å²) in [4.78, 5) is 47.6. The fraction of sp³-hybridized carbons (Fsp3) is 0.444. The first kappa shape index (κ1) is 21.9. The molecule has 1 aromatic rings. The van der Waals surface area contributed by atoms with E-state index in [2.05, 4.69) is 5.32 Å². The molecule has 0 saturated heterocycles. The lowest BCUT2D eigenvalue weighted by molar-refractivity contribution is -0.147. The summed E-state index contributed by atoms with van der Waals surface area (Å²) in [5.41, 5.74) is 5.89. The molecule has 0 heterocycles. The van der Waals surface area contributed by atoms with E-state index in [0.717, 1.165) is 0 Å². The topological polar surface area (TPSA) is 150 Å². The molecule has 4 amide bonds. The van der Waals surface area contributed by atoms with Gasteiger partial charge < -0.3 is 21.3 Å². The molecule has 1 aromatic carbocycles. The molecule has 5 N–H and O–H groups in total. The summed E-state index contributed by atoms with van der Waals surface area (Å²) in [5.74, 6) is -2.14. The number of nitrogens with zero attached hydrogens (tertiary/aromatic N) is 1. The second kappa shape index (κ2) is 10.1. The molecule has 2 atom stereocenters. The zero-order valence-electron chi connectivity index (χ0n) is 15.3. The zero-order chi connectivity index (χ0) is 20.6. The maximum atomic E-state index is 12.6. The lowest BCUT2D eigenvalue weighted by atomic mass is 9.99. The average molecular weight is 379 g/mol. The lowest BCUT2D eigenvalue weighted by Gasteiger charge is -2.28. The SMILES string of the molecule is CC(C)CC(CC(=O)N(C(N)=O)[C@@H](Cc1ccccc1)C(=O)O)NC(=O)O. The number of urea groups is 1. The van der Waals surface area contributed by atoms with Crippen LogP contribution in [0.4, 0.5) is 9.59 Å². The van der Waals surface area contributed by atoms with Crippen molar-refractivity contribution in [1.29, 1.82) is 0 Å². The van der Waals surface area contributed by atoms with Gasteiger partial charge in [-0.05, 0) is 17.9 Å². The Morgan fingerprint density at radius 2 is 1.70 bits per heavy atom. The van der Waals surface area contributed by atoms with Crippen LogP contribution in [0.2, 0.25) is 0 Å². The molecule has 0 radical (unpaired) electrons. The molecule has 27 heavy (non-hydrogen) atoms. The highest BCUT2D eigenvalue weighted by Crippen LogP contribution is 2.15. The second-order valence-corrected chi connectivity index (χ2v) is 6.63. The van der Waals surface area contributed by atoms with E-state index >= 15 is 0 Å². The van der Waals surface area contributed by atoms with Crippen molar-refractivity contribution in [3.63, 3.8) is 0 Å². The molecule has 1 rings (SSSR count). The number of benzene rings is 1. The van der Waals surface area contributed by atoms with Crippen LogP contribution in [0.3, 0.4) is 0 Å². The Kier molecular flexibility index (Phi) is 8.25. The molecule has 0 fully saturated rings. The first-order chi connectivity index (χ1) is 12.6. The number of nitrogens with two attached hydrogens (primary N) is 1. The van der Waals surface area contributed by atoms with Gasteiger partial charge in [0, 0.05) is 18.9 Å². The maximum absolute atomic E-state index is 12.6. The Labute approximate surface area is 157 Å². The van der Waals surface area contributed by atoms with E-state index in [9.17, 15) is 24.3 Å². The van der Waals surface area contributed by atoms with Gasteiger partial charge in [0.1, 0.15) is 6.04 Å². The third-order valence-electron chi connectivity index (χ3n) is 3.88. The number of nitrogens with one attached hydrogen (secondary N) is 1. The summed E-state index contributed by atoms with van der Waals surface area (Å²) in [6, 6.07) is 5.08. The fourth-order valence-electron chi connectivity index (χ4n) is 2.82. The molecule has 0 spiro atoms. The van der Waals surface area contributed by atoms with Gasteiger partial charge in [-0.25, -0.2) is 19.3 Å². The van der Waals surface area contributed by atoms with Crippen LogP contribution in [0.25, 0.3) is 0 Å². The molecular formula is C18H25N3O6. The van der Waals surface area contributed by atoms with Crippen LogP contribution in [-0.4, -0.2) is 51.2 Å². The van der Waals surface area contributed by atoms with E-state index < -0.39 is 36.1 Å². The van der Waals surface area contributed by atoms with Crippen LogP contribution in [0.1, 0.15) is 32.3 Å². The minimum Gasteiger partial charge on any atom is -0.480 e. The zero-order valence-corrected chi connectivity index (χ0v) is 15.3. The molecule has 0 aliphatic heterocycles. The van der Waals surface area contributed by atoms with E-state index in [1.165, 1.54) is 0 Å². The Balaban J connectivity index is 3.04. The number of aliphatic carboxylic acids is 1. The number of carbonyl (C=O) groups is 4. The van der Waals surface area contributed by atoms with Gasteiger partial charge >= 0.3 is 18.1 Å². The Hall–Kier alpha value is -3.10. The number of hydrogen-bond donors (Lipinski definition) is 4. The predicted octanol–water partition coefficient (Wildman–Crippen LogP) is 1.66. The summed E-state index contributed by atoms with van der Waals surface area (Å²) in [6.45, 7) is 3.70. The monoisotopic (exact) mass is 379 g/mol. The maximum Gasteiger partial charge on any atom is 0.404 e. The van der Waals surface area contributed by atoms with Crippen LogP contribution in [-0.2, 0) is 16.0 Å². The molecule has 9 heteroatoms. The van der Waals surface area contributed by atoms with Crippen LogP contribution < -0.4 is 11.1 Å². The Morgan fingerprint density at radius 1 is 1.11 bits per heavy atom. The minimum absolute atomic E-state index is 0.0799. The summed E-state index contributed by atoms with van der Waals surface area (Å²) in [7, 11) is 0. The second-order valence-electron chi connectivity index (χ2n) is 6.63. The molecule has 0 aliphatic carbocycles. The fourth-order valence-corrected chi connectivity index (χ4v) is 2.82.